The van der Waals surface area contributed by atoms with Crippen LogP contribution in [0.2, 0.25) is 0 Å². The topological polar surface area (TPSA) is 51.4 Å². The van der Waals surface area contributed by atoms with Crippen molar-refractivity contribution in [1.29, 1.82) is 0 Å². The van der Waals surface area contributed by atoms with Gasteiger partial charge in [0.1, 0.15) is 9.84 Å². The van der Waals surface area contributed by atoms with E-state index >= 15 is 0 Å². The van der Waals surface area contributed by atoms with Crippen molar-refractivity contribution in [2.24, 2.45) is 0 Å². The van der Waals surface area contributed by atoms with E-state index in [1.807, 2.05) is 24.4 Å². The molecule has 4 nitrogen and oxygen atoms in total. The zero-order valence-electron chi connectivity index (χ0n) is 9.52. The first-order valence-electron chi connectivity index (χ1n) is 4.98. The molecule has 0 amide bonds. The van der Waals surface area contributed by atoms with Crippen LogP contribution in [0.5, 0.6) is 0 Å². The van der Waals surface area contributed by atoms with Gasteiger partial charge in [0.05, 0.1) is 11.4 Å². The molecule has 2 aromatic rings. The summed E-state index contributed by atoms with van der Waals surface area (Å²) in [5.41, 5.74) is 2.03. The van der Waals surface area contributed by atoms with Crippen LogP contribution in [-0.2, 0) is 16.3 Å². The Hall–Kier alpha value is -0.880. The summed E-state index contributed by atoms with van der Waals surface area (Å²) < 4.78 is 24.3. The van der Waals surface area contributed by atoms with Crippen LogP contribution >= 0.6 is 11.3 Å². The largest absolute Gasteiger partial charge is 0.294 e. The summed E-state index contributed by atoms with van der Waals surface area (Å²) in [6.45, 7) is 3.95. The van der Waals surface area contributed by atoms with Gasteiger partial charge in [-0.15, -0.1) is 11.3 Å². The van der Waals surface area contributed by atoms with Gasteiger partial charge in [-0.3, -0.25) is 4.40 Å². The van der Waals surface area contributed by atoms with Gasteiger partial charge in [0.25, 0.3) is 0 Å². The maximum atomic E-state index is 11.2. The van der Waals surface area contributed by atoms with Crippen LogP contribution in [0.3, 0.4) is 0 Å². The molecule has 0 spiro atoms. The molecule has 2 rings (SSSR count). The zero-order valence-corrected chi connectivity index (χ0v) is 11.2. The Balaban J connectivity index is 2.38. The highest BCUT2D eigenvalue weighted by Crippen LogP contribution is 2.23. The van der Waals surface area contributed by atoms with E-state index in [4.69, 9.17) is 0 Å². The number of aromatic nitrogens is 2. The summed E-state index contributed by atoms with van der Waals surface area (Å²) in [7, 11) is -2.91. The Labute approximate surface area is 98.9 Å². The van der Waals surface area contributed by atoms with Gasteiger partial charge in [-0.05, 0) is 13.8 Å². The summed E-state index contributed by atoms with van der Waals surface area (Å²) in [5, 5.41) is 0. The Morgan fingerprint density at radius 2 is 2.12 bits per heavy atom. The number of hydrogen-bond donors (Lipinski definition) is 0. The van der Waals surface area contributed by atoms with E-state index < -0.39 is 9.84 Å². The first-order valence-corrected chi connectivity index (χ1v) is 7.86. The molecule has 0 fully saturated rings. The highest BCUT2D eigenvalue weighted by molar-refractivity contribution is 7.90. The third-order valence-electron chi connectivity index (χ3n) is 2.45. The normalized spacial score (nSPS) is 12.4. The van der Waals surface area contributed by atoms with Crippen LogP contribution in [0.1, 0.15) is 16.3 Å². The van der Waals surface area contributed by atoms with Crippen molar-refractivity contribution >= 4 is 26.1 Å². The smallest absolute Gasteiger partial charge is 0.194 e. The van der Waals surface area contributed by atoms with Crippen molar-refractivity contribution < 1.29 is 8.42 Å². The van der Waals surface area contributed by atoms with Gasteiger partial charge in [0.2, 0.25) is 0 Å². The molecule has 16 heavy (non-hydrogen) atoms. The molecule has 0 aromatic carbocycles. The minimum Gasteiger partial charge on any atom is -0.294 e. The van der Waals surface area contributed by atoms with Crippen LogP contribution in [0.4, 0.5) is 0 Å². The number of sulfone groups is 1. The Kier molecular flexibility index (Phi) is 2.79. The molecular weight excluding hydrogens is 244 g/mol. The summed E-state index contributed by atoms with van der Waals surface area (Å²) in [6.07, 6.45) is 3.78. The van der Waals surface area contributed by atoms with Crippen LogP contribution in [-0.4, -0.2) is 29.8 Å². The molecule has 0 saturated heterocycles. The van der Waals surface area contributed by atoms with Crippen LogP contribution in [0.25, 0.3) is 4.96 Å². The molecule has 0 saturated carbocycles. The summed E-state index contributed by atoms with van der Waals surface area (Å²) in [4.78, 5) is 6.46. The third-order valence-corrected chi connectivity index (χ3v) is 4.40. The van der Waals surface area contributed by atoms with Gasteiger partial charge in [0, 0.05) is 29.4 Å². The van der Waals surface area contributed by atoms with Crippen molar-refractivity contribution in [3.05, 3.63) is 22.5 Å². The Bertz CT molecular complexity index is 623. The molecule has 0 aliphatic heterocycles. The predicted octanol–water partition coefficient (Wildman–Crippen LogP) is 1.60. The molecule has 0 unspecified atom stereocenters. The van der Waals surface area contributed by atoms with Crippen molar-refractivity contribution in [3.8, 4) is 0 Å². The molecule has 2 aromatic heterocycles. The number of hydrogen-bond acceptors (Lipinski definition) is 4. The fourth-order valence-corrected chi connectivity index (χ4v) is 3.29. The summed E-state index contributed by atoms with van der Waals surface area (Å²) >= 11 is 1.61. The SMILES string of the molecule is Cc1cn2c(CCS(C)(=O)=O)c(C)sc2n1. The fourth-order valence-electron chi connectivity index (χ4n) is 1.69. The van der Waals surface area contributed by atoms with Gasteiger partial charge in [-0.1, -0.05) is 0 Å². The van der Waals surface area contributed by atoms with Gasteiger partial charge in [-0.25, -0.2) is 13.4 Å². The lowest BCUT2D eigenvalue weighted by atomic mass is 10.3. The fraction of sp³-hybridized carbons (Fsp3) is 0.500. The van der Waals surface area contributed by atoms with Crippen molar-refractivity contribution in [3.63, 3.8) is 0 Å². The van der Waals surface area contributed by atoms with Crippen molar-refractivity contribution in [1.82, 2.24) is 9.38 Å². The average Bonchev–Trinajstić information content (AvgIpc) is 2.56. The summed E-state index contributed by atoms with van der Waals surface area (Å²) in [5.74, 6) is 0.191. The van der Waals surface area contributed by atoms with Crippen molar-refractivity contribution in [2.45, 2.75) is 20.3 Å². The molecule has 2 heterocycles. The van der Waals surface area contributed by atoms with Crippen LogP contribution in [0.15, 0.2) is 6.20 Å². The molecule has 0 radical (unpaired) electrons. The standard InChI is InChI=1S/C10H14N2O2S2/c1-7-6-12-9(4-5-16(3,13)14)8(2)15-10(12)11-7/h6H,4-5H2,1-3H3. The second-order valence-electron chi connectivity index (χ2n) is 4.02. The van der Waals surface area contributed by atoms with Gasteiger partial charge < -0.3 is 0 Å². The quantitative estimate of drug-likeness (QED) is 0.840. The number of rotatable bonds is 3. The highest BCUT2D eigenvalue weighted by Gasteiger charge is 2.12. The number of imidazole rings is 1. The van der Waals surface area contributed by atoms with Crippen LogP contribution < -0.4 is 0 Å². The van der Waals surface area contributed by atoms with E-state index in [2.05, 4.69) is 4.98 Å². The van der Waals surface area contributed by atoms with E-state index in [1.54, 1.807) is 11.3 Å². The van der Waals surface area contributed by atoms with E-state index in [9.17, 15) is 8.42 Å². The van der Waals surface area contributed by atoms with Crippen LogP contribution in [0, 0.1) is 13.8 Å². The van der Waals surface area contributed by atoms with E-state index in [1.165, 1.54) is 6.26 Å². The second kappa shape index (κ2) is 3.85. The zero-order chi connectivity index (χ0) is 11.9. The molecule has 0 N–H and O–H groups in total. The number of aryl methyl sites for hydroxylation is 3. The molecule has 0 bridgehead atoms. The maximum Gasteiger partial charge on any atom is 0.194 e. The van der Waals surface area contributed by atoms with Gasteiger partial charge >= 0.3 is 0 Å². The van der Waals surface area contributed by atoms with Gasteiger partial charge in [-0.2, -0.15) is 0 Å². The van der Waals surface area contributed by atoms with E-state index in [0.717, 1.165) is 21.2 Å². The number of fused-ring (bicyclic) bond motifs is 1. The second-order valence-corrected chi connectivity index (χ2v) is 7.46. The lowest BCUT2D eigenvalue weighted by Gasteiger charge is -2.00. The average molecular weight is 258 g/mol. The molecule has 0 aliphatic carbocycles. The molecule has 0 aliphatic rings. The first kappa shape index (κ1) is 11.6. The number of nitrogens with zero attached hydrogens (tertiary/aromatic N) is 2. The van der Waals surface area contributed by atoms with E-state index in [-0.39, 0.29) is 5.75 Å². The summed E-state index contributed by atoms with van der Waals surface area (Å²) in [6, 6.07) is 0. The lowest BCUT2D eigenvalue weighted by Crippen LogP contribution is -2.07. The first-order chi connectivity index (χ1) is 7.37. The third kappa shape index (κ3) is 2.27. The predicted molar refractivity (Wildman–Crippen MR) is 66.0 cm³/mol. The molecular formula is C10H14N2O2S2. The maximum absolute atomic E-state index is 11.2. The molecule has 6 heteroatoms. The molecule has 0 atom stereocenters. The number of thiazole rings is 1. The Morgan fingerprint density at radius 3 is 2.75 bits per heavy atom. The lowest BCUT2D eigenvalue weighted by molar-refractivity contribution is 0.600. The van der Waals surface area contributed by atoms with E-state index in [0.29, 0.717) is 6.42 Å². The minimum absolute atomic E-state index is 0.191. The Morgan fingerprint density at radius 1 is 1.44 bits per heavy atom. The monoisotopic (exact) mass is 258 g/mol. The van der Waals surface area contributed by atoms with Crippen molar-refractivity contribution in [2.75, 3.05) is 12.0 Å². The van der Waals surface area contributed by atoms with Gasteiger partial charge in [0.15, 0.2) is 4.96 Å². The minimum atomic E-state index is -2.91. The molecule has 88 valence electrons. The highest BCUT2D eigenvalue weighted by atomic mass is 32.2.